The molecule has 2 aromatic rings. The first-order chi connectivity index (χ1) is 7.92. The van der Waals surface area contributed by atoms with Crippen molar-refractivity contribution in [2.45, 2.75) is 5.75 Å². The van der Waals surface area contributed by atoms with Crippen molar-refractivity contribution in [2.75, 3.05) is 7.11 Å². The van der Waals surface area contributed by atoms with Gasteiger partial charge in [-0.1, -0.05) is 6.07 Å². The maximum Gasteiger partial charge on any atom is 0.236 e. The summed E-state index contributed by atoms with van der Waals surface area (Å²) in [6.07, 6.45) is 1.86. The first-order valence-electron chi connectivity index (χ1n) is 4.95. The molecule has 0 fully saturated rings. The number of fused-ring (bicyclic) bond motifs is 1. The Bertz CT molecular complexity index is 661. The number of benzene rings is 1. The van der Waals surface area contributed by atoms with Gasteiger partial charge in [0, 0.05) is 29.3 Å². The smallest absolute Gasteiger partial charge is 0.236 e. The quantitative estimate of drug-likeness (QED) is 0.806. The molecule has 0 spiro atoms. The predicted molar refractivity (Wildman–Crippen MR) is 67.9 cm³/mol. The molecule has 1 aromatic heterocycles. The van der Waals surface area contributed by atoms with Gasteiger partial charge in [-0.25, -0.2) is 8.42 Å². The number of methoxy groups -OCH3 is 1. The molecule has 17 heavy (non-hydrogen) atoms. The van der Waals surface area contributed by atoms with Crippen LogP contribution in [0.25, 0.3) is 10.9 Å². The fraction of sp³-hybridized carbons (Fsp3) is 0.273. The van der Waals surface area contributed by atoms with Gasteiger partial charge < -0.3 is 9.30 Å². The van der Waals surface area contributed by atoms with Crippen molar-refractivity contribution in [3.8, 4) is 5.75 Å². The van der Waals surface area contributed by atoms with E-state index in [0.29, 0.717) is 11.3 Å². The van der Waals surface area contributed by atoms with Gasteiger partial charge >= 0.3 is 0 Å². The second-order valence-electron chi connectivity index (χ2n) is 3.80. The van der Waals surface area contributed by atoms with Gasteiger partial charge in [-0.2, -0.15) is 0 Å². The Kier molecular flexibility index (Phi) is 3.05. The van der Waals surface area contributed by atoms with E-state index < -0.39 is 9.05 Å². The zero-order valence-electron chi connectivity index (χ0n) is 9.47. The molecule has 4 nitrogen and oxygen atoms in total. The van der Waals surface area contributed by atoms with Crippen molar-refractivity contribution in [1.82, 2.24) is 4.57 Å². The van der Waals surface area contributed by atoms with Crippen molar-refractivity contribution in [3.63, 3.8) is 0 Å². The van der Waals surface area contributed by atoms with Gasteiger partial charge in [-0.3, -0.25) is 0 Å². The number of halogens is 1. The Labute approximate surface area is 104 Å². The Morgan fingerprint density at radius 3 is 2.65 bits per heavy atom. The maximum absolute atomic E-state index is 11.1. The Hall–Kier alpha value is -1.20. The minimum atomic E-state index is -3.56. The molecule has 0 saturated carbocycles. The van der Waals surface area contributed by atoms with E-state index in [9.17, 15) is 8.42 Å². The Balaban J connectivity index is 2.68. The number of rotatable bonds is 3. The molecule has 0 aliphatic carbocycles. The standard InChI is InChI=1S/C11H12ClNO3S/c1-13-6-5-9-8(7-17(12,14)15)3-4-10(16-2)11(9)13/h3-6H,7H2,1-2H3. The first kappa shape index (κ1) is 12.3. The van der Waals surface area contributed by atoms with Crippen LogP contribution in [0.4, 0.5) is 0 Å². The zero-order chi connectivity index (χ0) is 12.6. The molecule has 1 aromatic carbocycles. The van der Waals surface area contributed by atoms with Crippen molar-refractivity contribution in [2.24, 2.45) is 7.05 Å². The molecule has 0 aliphatic rings. The van der Waals surface area contributed by atoms with Crippen molar-refractivity contribution < 1.29 is 13.2 Å². The van der Waals surface area contributed by atoms with Gasteiger partial charge in [0.1, 0.15) is 5.75 Å². The lowest BCUT2D eigenvalue weighted by Crippen LogP contribution is -1.97. The van der Waals surface area contributed by atoms with Crippen molar-refractivity contribution in [3.05, 3.63) is 30.0 Å². The van der Waals surface area contributed by atoms with Gasteiger partial charge in [0.15, 0.2) is 0 Å². The maximum atomic E-state index is 11.1. The SMILES string of the molecule is COc1ccc(CS(=O)(=O)Cl)c2ccn(C)c12. The summed E-state index contributed by atoms with van der Waals surface area (Å²) in [5, 5.41) is 0.844. The molecule has 92 valence electrons. The van der Waals surface area contributed by atoms with Crippen LogP contribution in [0.1, 0.15) is 5.56 Å². The highest BCUT2D eigenvalue weighted by Crippen LogP contribution is 2.30. The van der Waals surface area contributed by atoms with E-state index in [-0.39, 0.29) is 5.75 Å². The second-order valence-corrected chi connectivity index (χ2v) is 6.58. The molecule has 0 bridgehead atoms. The van der Waals surface area contributed by atoms with Gasteiger partial charge in [-0.05, 0) is 17.7 Å². The number of nitrogens with zero attached hydrogens (tertiary/aromatic N) is 1. The Morgan fingerprint density at radius 1 is 1.35 bits per heavy atom. The lowest BCUT2D eigenvalue weighted by Gasteiger charge is -2.07. The van der Waals surface area contributed by atoms with Crippen LogP contribution in [0.15, 0.2) is 24.4 Å². The van der Waals surface area contributed by atoms with E-state index in [2.05, 4.69) is 0 Å². The minimum absolute atomic E-state index is 0.181. The molecule has 0 amide bonds. The van der Waals surface area contributed by atoms with E-state index in [1.54, 1.807) is 19.2 Å². The lowest BCUT2D eigenvalue weighted by atomic mass is 10.1. The third kappa shape index (κ3) is 2.40. The van der Waals surface area contributed by atoms with E-state index >= 15 is 0 Å². The monoisotopic (exact) mass is 273 g/mol. The normalized spacial score (nSPS) is 11.9. The number of hydrogen-bond donors (Lipinski definition) is 0. The summed E-state index contributed by atoms with van der Waals surface area (Å²) in [5.74, 6) is 0.530. The molecular formula is C11H12ClNO3S. The average molecular weight is 274 g/mol. The highest BCUT2D eigenvalue weighted by atomic mass is 35.7. The van der Waals surface area contributed by atoms with Gasteiger partial charge in [0.05, 0.1) is 18.4 Å². The molecule has 1 heterocycles. The van der Waals surface area contributed by atoms with Crippen molar-refractivity contribution in [1.29, 1.82) is 0 Å². The molecule has 0 unspecified atom stereocenters. The molecule has 6 heteroatoms. The molecule has 0 radical (unpaired) electrons. The predicted octanol–water partition coefficient (Wildman–Crippen LogP) is 2.26. The first-order valence-corrected chi connectivity index (χ1v) is 7.43. The molecular weight excluding hydrogens is 262 g/mol. The summed E-state index contributed by atoms with van der Waals surface area (Å²) >= 11 is 0. The topological polar surface area (TPSA) is 48.3 Å². The van der Waals surface area contributed by atoms with Crippen LogP contribution >= 0.6 is 10.7 Å². The molecule has 0 atom stereocenters. The highest BCUT2D eigenvalue weighted by Gasteiger charge is 2.14. The van der Waals surface area contributed by atoms with Crippen LogP contribution in [0.3, 0.4) is 0 Å². The highest BCUT2D eigenvalue weighted by molar-refractivity contribution is 8.13. The number of aromatic nitrogens is 1. The second kappa shape index (κ2) is 4.23. The van der Waals surface area contributed by atoms with Crippen LogP contribution in [0, 0.1) is 0 Å². The van der Waals surface area contributed by atoms with Gasteiger partial charge in [0.2, 0.25) is 9.05 Å². The summed E-state index contributed by atoms with van der Waals surface area (Å²) in [4.78, 5) is 0. The van der Waals surface area contributed by atoms with E-state index in [1.807, 2.05) is 23.9 Å². The fourth-order valence-corrected chi connectivity index (χ4v) is 2.89. The fourth-order valence-electron chi connectivity index (χ4n) is 1.92. The number of aryl methyl sites for hydroxylation is 1. The van der Waals surface area contributed by atoms with Crippen LogP contribution in [-0.4, -0.2) is 20.1 Å². The van der Waals surface area contributed by atoms with E-state index in [1.165, 1.54) is 0 Å². The van der Waals surface area contributed by atoms with E-state index in [0.717, 1.165) is 10.9 Å². The minimum Gasteiger partial charge on any atom is -0.495 e. The third-order valence-electron chi connectivity index (χ3n) is 2.64. The lowest BCUT2D eigenvalue weighted by molar-refractivity contribution is 0.418. The summed E-state index contributed by atoms with van der Waals surface area (Å²) in [6, 6.07) is 5.33. The molecule has 2 rings (SSSR count). The van der Waals surface area contributed by atoms with Crippen LogP contribution < -0.4 is 4.74 Å². The van der Waals surface area contributed by atoms with Crippen LogP contribution in [-0.2, 0) is 21.9 Å². The van der Waals surface area contributed by atoms with Crippen LogP contribution in [0.5, 0.6) is 5.75 Å². The summed E-state index contributed by atoms with van der Waals surface area (Å²) < 4.78 is 29.4. The largest absolute Gasteiger partial charge is 0.495 e. The average Bonchev–Trinajstić information content (AvgIpc) is 2.60. The molecule has 0 aliphatic heterocycles. The number of hydrogen-bond acceptors (Lipinski definition) is 3. The van der Waals surface area contributed by atoms with Gasteiger partial charge in [0.25, 0.3) is 0 Å². The summed E-state index contributed by atoms with van der Waals surface area (Å²) in [7, 11) is 5.19. The summed E-state index contributed by atoms with van der Waals surface area (Å²) in [6.45, 7) is 0. The number of ether oxygens (including phenoxy) is 1. The van der Waals surface area contributed by atoms with Crippen LogP contribution in [0.2, 0.25) is 0 Å². The molecule has 0 saturated heterocycles. The van der Waals surface area contributed by atoms with Gasteiger partial charge in [-0.15, -0.1) is 0 Å². The van der Waals surface area contributed by atoms with E-state index in [4.69, 9.17) is 15.4 Å². The zero-order valence-corrected chi connectivity index (χ0v) is 11.0. The van der Waals surface area contributed by atoms with Crippen molar-refractivity contribution >= 4 is 30.6 Å². The third-order valence-corrected chi connectivity index (χ3v) is 3.62. The molecule has 0 N–H and O–H groups in total. The Morgan fingerprint density at radius 2 is 2.06 bits per heavy atom. The summed E-state index contributed by atoms with van der Waals surface area (Å²) in [5.41, 5.74) is 1.54.